The lowest BCUT2D eigenvalue weighted by Gasteiger charge is -2.33. The van der Waals surface area contributed by atoms with Gasteiger partial charge in [0.05, 0.1) is 17.4 Å². The second-order valence-corrected chi connectivity index (χ2v) is 9.53. The molecule has 1 aliphatic rings. The lowest BCUT2D eigenvalue weighted by molar-refractivity contribution is -0.142. The molecular weight excluding hydrogens is 406 g/mol. The number of fused-ring (bicyclic) bond motifs is 1. The van der Waals surface area contributed by atoms with Crippen molar-refractivity contribution in [1.82, 2.24) is 9.21 Å². The standard InChI is InChI=1S/C23H28F2N2O2S/c1-5-27(16(2)17-6-9-20(24)10-7-17)30(29)21-11-8-18-12-13-26(15-19(18)14-21)22(28)23(3,4)25/h6-11,14,16H,5,12-13,15H2,1-4H3/t16-,30?/m0/s1. The fourth-order valence-electron chi connectivity index (χ4n) is 3.77. The second kappa shape index (κ2) is 9.04. The van der Waals surface area contributed by atoms with Crippen molar-refractivity contribution < 1.29 is 18.1 Å². The maximum absolute atomic E-state index is 14.1. The molecule has 0 bridgehead atoms. The van der Waals surface area contributed by atoms with Gasteiger partial charge in [0, 0.05) is 25.7 Å². The molecule has 0 saturated heterocycles. The molecule has 0 N–H and O–H groups in total. The topological polar surface area (TPSA) is 46.6 Å². The third kappa shape index (κ3) is 4.85. The van der Waals surface area contributed by atoms with Gasteiger partial charge in [-0.2, -0.15) is 0 Å². The van der Waals surface area contributed by atoms with E-state index in [-0.39, 0.29) is 11.9 Å². The van der Waals surface area contributed by atoms with E-state index in [0.29, 0.717) is 31.0 Å². The Labute approximate surface area is 180 Å². The van der Waals surface area contributed by atoms with Crippen molar-refractivity contribution in [2.24, 2.45) is 0 Å². The van der Waals surface area contributed by atoms with Gasteiger partial charge in [-0.05, 0) is 69.0 Å². The molecule has 162 valence electrons. The maximum atomic E-state index is 14.1. The van der Waals surface area contributed by atoms with Gasteiger partial charge in [0.1, 0.15) is 5.82 Å². The summed E-state index contributed by atoms with van der Waals surface area (Å²) in [7, 11) is 0. The maximum Gasteiger partial charge on any atom is 0.259 e. The van der Waals surface area contributed by atoms with Crippen molar-refractivity contribution in [1.29, 1.82) is 0 Å². The second-order valence-electron chi connectivity index (χ2n) is 8.09. The molecule has 30 heavy (non-hydrogen) atoms. The molecular formula is C23H28F2N2O2S. The van der Waals surface area contributed by atoms with E-state index in [4.69, 9.17) is 0 Å². The minimum Gasteiger partial charge on any atom is -0.593 e. The van der Waals surface area contributed by atoms with Gasteiger partial charge in [-0.1, -0.05) is 18.2 Å². The first-order valence-corrected chi connectivity index (χ1v) is 11.3. The van der Waals surface area contributed by atoms with Crippen LogP contribution < -0.4 is 0 Å². The van der Waals surface area contributed by atoms with Crippen LogP contribution in [-0.4, -0.2) is 38.4 Å². The summed E-state index contributed by atoms with van der Waals surface area (Å²) in [6.07, 6.45) is 0.646. The van der Waals surface area contributed by atoms with Gasteiger partial charge in [0.25, 0.3) is 5.91 Å². The molecule has 0 aromatic heterocycles. The van der Waals surface area contributed by atoms with E-state index in [0.717, 1.165) is 16.7 Å². The van der Waals surface area contributed by atoms with E-state index in [1.165, 1.54) is 30.9 Å². The zero-order valence-electron chi connectivity index (χ0n) is 17.8. The van der Waals surface area contributed by atoms with Crippen LogP contribution in [0.2, 0.25) is 0 Å². The molecule has 1 aliphatic heterocycles. The highest BCUT2D eigenvalue weighted by molar-refractivity contribution is 7.89. The SMILES string of the molecule is CCN([C@@H](C)c1ccc(F)cc1)[S+]([O-])c1ccc2c(c1)CN(C(=O)C(C)(C)F)CC2. The van der Waals surface area contributed by atoms with Crippen molar-refractivity contribution >= 4 is 17.3 Å². The minimum atomic E-state index is -1.92. The summed E-state index contributed by atoms with van der Waals surface area (Å²) in [6, 6.07) is 11.7. The zero-order valence-corrected chi connectivity index (χ0v) is 18.6. The van der Waals surface area contributed by atoms with E-state index in [1.54, 1.807) is 12.1 Å². The van der Waals surface area contributed by atoms with Crippen LogP contribution in [0, 0.1) is 5.82 Å². The van der Waals surface area contributed by atoms with Gasteiger partial charge in [0.15, 0.2) is 10.6 Å². The quantitative estimate of drug-likeness (QED) is 0.626. The van der Waals surface area contributed by atoms with Crippen molar-refractivity contribution in [2.75, 3.05) is 13.1 Å². The van der Waals surface area contributed by atoms with E-state index in [2.05, 4.69) is 0 Å². The Bertz CT molecular complexity index is 899. The number of carbonyl (C=O) groups is 1. The summed E-state index contributed by atoms with van der Waals surface area (Å²) < 4.78 is 42.5. The predicted octanol–water partition coefficient (Wildman–Crippen LogP) is 4.56. The normalized spacial score (nSPS) is 16.3. The number of rotatable bonds is 6. The first-order valence-electron chi connectivity index (χ1n) is 10.2. The zero-order chi connectivity index (χ0) is 22.1. The molecule has 0 fully saturated rings. The minimum absolute atomic E-state index is 0.169. The molecule has 7 heteroatoms. The predicted molar refractivity (Wildman–Crippen MR) is 114 cm³/mol. The number of alkyl halides is 1. The number of amides is 1. The van der Waals surface area contributed by atoms with Crippen LogP contribution >= 0.6 is 0 Å². The monoisotopic (exact) mass is 434 g/mol. The van der Waals surface area contributed by atoms with Gasteiger partial charge in [-0.3, -0.25) is 4.79 Å². The molecule has 2 aromatic carbocycles. The highest BCUT2D eigenvalue weighted by atomic mass is 32.2. The molecule has 0 saturated carbocycles. The first kappa shape index (κ1) is 22.7. The van der Waals surface area contributed by atoms with Crippen LogP contribution in [0.1, 0.15) is 50.4 Å². The molecule has 4 nitrogen and oxygen atoms in total. The molecule has 0 aliphatic carbocycles. The summed E-state index contributed by atoms with van der Waals surface area (Å²) >= 11 is -1.43. The molecule has 1 heterocycles. The van der Waals surface area contributed by atoms with Gasteiger partial charge >= 0.3 is 0 Å². The number of hydrogen-bond acceptors (Lipinski definition) is 3. The third-order valence-electron chi connectivity index (χ3n) is 5.50. The lowest BCUT2D eigenvalue weighted by atomic mass is 9.98. The van der Waals surface area contributed by atoms with Crippen LogP contribution in [0.4, 0.5) is 8.78 Å². The highest BCUT2D eigenvalue weighted by Crippen LogP contribution is 2.30. The fraction of sp³-hybridized carbons (Fsp3) is 0.435. The molecule has 1 amide bonds. The average Bonchev–Trinajstić information content (AvgIpc) is 2.72. The Hall–Kier alpha value is -1.96. The van der Waals surface area contributed by atoms with Gasteiger partial charge in [0.2, 0.25) is 0 Å². The summed E-state index contributed by atoms with van der Waals surface area (Å²) in [6.45, 7) is 7.74. The van der Waals surface area contributed by atoms with Crippen LogP contribution in [0.15, 0.2) is 47.4 Å². The first-order chi connectivity index (χ1) is 14.1. The van der Waals surface area contributed by atoms with Crippen LogP contribution in [-0.2, 0) is 29.1 Å². The third-order valence-corrected chi connectivity index (χ3v) is 7.15. The van der Waals surface area contributed by atoms with Gasteiger partial charge < -0.3 is 9.45 Å². The Morgan fingerprint density at radius 3 is 2.50 bits per heavy atom. The Morgan fingerprint density at radius 2 is 1.90 bits per heavy atom. The van der Waals surface area contributed by atoms with Crippen molar-refractivity contribution in [3.8, 4) is 0 Å². The lowest BCUT2D eigenvalue weighted by Crippen LogP contribution is -2.45. The summed E-state index contributed by atoms with van der Waals surface area (Å²) in [5.74, 6) is -0.833. The number of halogens is 2. The Morgan fingerprint density at radius 1 is 1.23 bits per heavy atom. The number of nitrogens with zero attached hydrogens (tertiary/aromatic N) is 2. The van der Waals surface area contributed by atoms with Crippen molar-refractivity contribution in [2.45, 2.75) is 57.3 Å². The van der Waals surface area contributed by atoms with Crippen LogP contribution in [0.25, 0.3) is 0 Å². The molecule has 0 radical (unpaired) electrons. The van der Waals surface area contributed by atoms with Crippen LogP contribution in [0.3, 0.4) is 0 Å². The van der Waals surface area contributed by atoms with Gasteiger partial charge in [-0.15, -0.1) is 4.31 Å². The molecule has 2 atom stereocenters. The van der Waals surface area contributed by atoms with Crippen molar-refractivity contribution in [3.05, 3.63) is 65.0 Å². The summed E-state index contributed by atoms with van der Waals surface area (Å²) in [5.41, 5.74) is 0.953. The van der Waals surface area contributed by atoms with E-state index in [1.807, 2.05) is 36.4 Å². The smallest absolute Gasteiger partial charge is 0.259 e. The average molecular weight is 435 g/mol. The number of benzene rings is 2. The molecule has 2 aromatic rings. The number of hydrogen-bond donors (Lipinski definition) is 0. The summed E-state index contributed by atoms with van der Waals surface area (Å²) in [4.78, 5) is 14.5. The van der Waals surface area contributed by atoms with E-state index >= 15 is 0 Å². The molecule has 3 rings (SSSR count). The highest BCUT2D eigenvalue weighted by Gasteiger charge is 2.34. The van der Waals surface area contributed by atoms with Crippen LogP contribution in [0.5, 0.6) is 0 Å². The summed E-state index contributed by atoms with van der Waals surface area (Å²) in [5, 5.41) is 0. The largest absolute Gasteiger partial charge is 0.593 e. The van der Waals surface area contributed by atoms with Gasteiger partial charge in [-0.25, -0.2) is 8.78 Å². The van der Waals surface area contributed by atoms with Crippen molar-refractivity contribution in [3.63, 3.8) is 0 Å². The Balaban J connectivity index is 1.82. The Kier molecular flexibility index (Phi) is 6.84. The molecule has 1 unspecified atom stereocenters. The number of carbonyl (C=O) groups excluding carboxylic acids is 1. The van der Waals surface area contributed by atoms with E-state index < -0.39 is 22.9 Å². The fourth-order valence-corrected chi connectivity index (χ4v) is 5.11. The van der Waals surface area contributed by atoms with E-state index in [9.17, 15) is 18.1 Å². The molecule has 0 spiro atoms.